The Kier molecular flexibility index (Phi) is 7.88. The fraction of sp³-hybridized carbons (Fsp3) is 0.375. The van der Waals surface area contributed by atoms with E-state index in [1.807, 2.05) is 55.2 Å². The van der Waals surface area contributed by atoms with Crippen LogP contribution >= 0.6 is 0 Å². The second kappa shape index (κ2) is 10.8. The van der Waals surface area contributed by atoms with Crippen molar-refractivity contribution < 1.29 is 14.6 Å². The van der Waals surface area contributed by atoms with E-state index in [0.29, 0.717) is 13.2 Å². The molecule has 1 N–H and O–H groups in total. The van der Waals surface area contributed by atoms with Crippen LogP contribution in [0.4, 0.5) is 0 Å². The van der Waals surface area contributed by atoms with Crippen LogP contribution in [0, 0.1) is 13.8 Å². The average molecular weight is 410 g/mol. The van der Waals surface area contributed by atoms with Crippen molar-refractivity contribution >= 4 is 0 Å². The molecule has 0 aliphatic heterocycles. The molecule has 0 saturated heterocycles. The first-order valence-electron chi connectivity index (χ1n) is 10.3. The molecule has 3 rings (SSSR count). The van der Waals surface area contributed by atoms with Gasteiger partial charge in [-0.3, -0.25) is 9.58 Å². The summed E-state index contributed by atoms with van der Waals surface area (Å²) in [6.45, 7) is 6.93. The fourth-order valence-corrected chi connectivity index (χ4v) is 3.32. The van der Waals surface area contributed by atoms with E-state index in [-0.39, 0.29) is 6.61 Å². The molecule has 0 unspecified atom stereocenters. The first-order valence-corrected chi connectivity index (χ1v) is 10.3. The highest BCUT2D eigenvalue weighted by atomic mass is 16.5. The summed E-state index contributed by atoms with van der Waals surface area (Å²) in [5, 5.41) is 14.5. The van der Waals surface area contributed by atoms with E-state index in [1.165, 1.54) is 11.1 Å². The van der Waals surface area contributed by atoms with Crippen molar-refractivity contribution in [2.45, 2.75) is 33.0 Å². The quantitative estimate of drug-likeness (QED) is 0.526. The van der Waals surface area contributed by atoms with Crippen molar-refractivity contribution in [1.29, 1.82) is 0 Å². The van der Waals surface area contributed by atoms with Crippen LogP contribution in [-0.4, -0.2) is 52.7 Å². The molecular formula is C24H31N3O3. The summed E-state index contributed by atoms with van der Waals surface area (Å²) in [5.41, 5.74) is 3.45. The fourth-order valence-electron chi connectivity index (χ4n) is 3.32. The van der Waals surface area contributed by atoms with Crippen molar-refractivity contribution in [3.8, 4) is 11.5 Å². The number of hydrogen-bond donors (Lipinski definition) is 1. The van der Waals surface area contributed by atoms with Crippen LogP contribution in [0.25, 0.3) is 0 Å². The summed E-state index contributed by atoms with van der Waals surface area (Å²) in [7, 11) is 1.99. The van der Waals surface area contributed by atoms with Gasteiger partial charge in [-0.2, -0.15) is 5.10 Å². The van der Waals surface area contributed by atoms with Gasteiger partial charge in [0.25, 0.3) is 0 Å². The summed E-state index contributed by atoms with van der Waals surface area (Å²) >= 11 is 0. The van der Waals surface area contributed by atoms with Crippen LogP contribution in [-0.2, 0) is 13.1 Å². The van der Waals surface area contributed by atoms with Crippen LogP contribution in [0.1, 0.15) is 16.7 Å². The Balaban J connectivity index is 1.38. The molecule has 0 aliphatic carbocycles. The standard InChI is InChI=1S/C24H31N3O3/c1-19-5-10-24(20(2)15-19)30-18-22(28)17-26(3)16-21-6-8-23(9-7-21)29-14-13-27-12-4-11-25-27/h4-12,15,22,28H,13-14,16-18H2,1-3H3/t22-/m1/s1. The van der Waals surface area contributed by atoms with E-state index < -0.39 is 6.10 Å². The molecular weight excluding hydrogens is 378 g/mol. The molecule has 6 nitrogen and oxygen atoms in total. The number of aliphatic hydroxyl groups excluding tert-OH is 1. The molecule has 0 bridgehead atoms. The average Bonchev–Trinajstić information content (AvgIpc) is 3.22. The molecule has 0 saturated carbocycles. The van der Waals surface area contributed by atoms with Crippen molar-refractivity contribution in [3.63, 3.8) is 0 Å². The predicted octanol–water partition coefficient (Wildman–Crippen LogP) is 3.45. The summed E-state index contributed by atoms with van der Waals surface area (Å²) < 4.78 is 13.4. The molecule has 160 valence electrons. The van der Waals surface area contributed by atoms with E-state index >= 15 is 0 Å². The number of aliphatic hydroxyl groups is 1. The summed E-state index contributed by atoms with van der Waals surface area (Å²) in [6, 6.07) is 16.0. The number of aromatic nitrogens is 2. The highest BCUT2D eigenvalue weighted by Crippen LogP contribution is 2.19. The zero-order valence-electron chi connectivity index (χ0n) is 18.0. The molecule has 0 spiro atoms. The number of rotatable bonds is 11. The summed E-state index contributed by atoms with van der Waals surface area (Å²) in [5.74, 6) is 1.67. The van der Waals surface area contributed by atoms with E-state index in [1.54, 1.807) is 6.20 Å². The Morgan fingerprint density at radius 3 is 2.60 bits per heavy atom. The second-order valence-corrected chi connectivity index (χ2v) is 7.69. The Bertz CT molecular complexity index is 895. The van der Waals surface area contributed by atoms with Crippen molar-refractivity contribution in [2.24, 2.45) is 0 Å². The third-order valence-electron chi connectivity index (χ3n) is 4.81. The number of aryl methyl sites for hydroxylation is 2. The maximum atomic E-state index is 10.3. The lowest BCUT2D eigenvalue weighted by atomic mass is 10.1. The van der Waals surface area contributed by atoms with Gasteiger partial charge in [0.2, 0.25) is 0 Å². The molecule has 1 atom stereocenters. The normalized spacial score (nSPS) is 12.2. The first-order chi connectivity index (χ1) is 14.5. The lowest BCUT2D eigenvalue weighted by Crippen LogP contribution is -2.32. The number of nitrogens with zero attached hydrogens (tertiary/aromatic N) is 3. The van der Waals surface area contributed by atoms with E-state index in [4.69, 9.17) is 9.47 Å². The highest BCUT2D eigenvalue weighted by molar-refractivity contribution is 5.35. The maximum Gasteiger partial charge on any atom is 0.122 e. The second-order valence-electron chi connectivity index (χ2n) is 7.69. The number of likely N-dealkylation sites (N-methyl/N-ethyl adjacent to an activating group) is 1. The summed E-state index contributed by atoms with van der Waals surface area (Å²) in [4.78, 5) is 2.09. The van der Waals surface area contributed by atoms with Crippen LogP contribution in [0.3, 0.4) is 0 Å². The van der Waals surface area contributed by atoms with Gasteiger partial charge in [-0.1, -0.05) is 29.8 Å². The van der Waals surface area contributed by atoms with Gasteiger partial charge in [-0.25, -0.2) is 0 Å². The molecule has 1 aromatic heterocycles. The lowest BCUT2D eigenvalue weighted by molar-refractivity contribution is 0.0741. The van der Waals surface area contributed by atoms with Gasteiger partial charge in [0.05, 0.1) is 6.54 Å². The van der Waals surface area contributed by atoms with Crippen molar-refractivity contribution in [1.82, 2.24) is 14.7 Å². The smallest absolute Gasteiger partial charge is 0.122 e. The molecule has 30 heavy (non-hydrogen) atoms. The van der Waals surface area contributed by atoms with Gasteiger partial charge in [0.15, 0.2) is 0 Å². The third kappa shape index (κ3) is 6.90. The molecule has 3 aromatic rings. The largest absolute Gasteiger partial charge is 0.492 e. The van der Waals surface area contributed by atoms with Gasteiger partial charge in [0.1, 0.15) is 30.8 Å². The van der Waals surface area contributed by atoms with Crippen molar-refractivity contribution in [2.75, 3.05) is 26.8 Å². The molecule has 1 heterocycles. The van der Waals surface area contributed by atoms with Gasteiger partial charge in [-0.05, 0) is 56.3 Å². The molecule has 6 heteroatoms. The molecule has 0 radical (unpaired) electrons. The minimum atomic E-state index is -0.555. The Morgan fingerprint density at radius 1 is 1.10 bits per heavy atom. The monoisotopic (exact) mass is 409 g/mol. The number of ether oxygens (including phenoxy) is 2. The molecule has 0 amide bonds. The van der Waals surface area contributed by atoms with E-state index in [0.717, 1.165) is 30.2 Å². The minimum Gasteiger partial charge on any atom is -0.492 e. The van der Waals surface area contributed by atoms with Gasteiger partial charge in [-0.15, -0.1) is 0 Å². The van der Waals surface area contributed by atoms with Crippen LogP contribution in [0.2, 0.25) is 0 Å². The first kappa shape index (κ1) is 21.9. The van der Waals surface area contributed by atoms with Crippen molar-refractivity contribution in [3.05, 3.63) is 77.6 Å². The number of benzene rings is 2. The molecule has 2 aromatic carbocycles. The Morgan fingerprint density at radius 2 is 1.90 bits per heavy atom. The van der Waals surface area contributed by atoms with E-state index in [9.17, 15) is 5.11 Å². The zero-order chi connectivity index (χ0) is 21.3. The minimum absolute atomic E-state index is 0.275. The molecule has 0 fully saturated rings. The Hall–Kier alpha value is -2.83. The SMILES string of the molecule is Cc1ccc(OC[C@H](O)CN(C)Cc2ccc(OCCn3cccn3)cc2)c(C)c1. The van der Waals surface area contributed by atoms with Crippen LogP contribution in [0.5, 0.6) is 11.5 Å². The molecule has 0 aliphatic rings. The number of hydrogen-bond acceptors (Lipinski definition) is 5. The maximum absolute atomic E-state index is 10.3. The third-order valence-corrected chi connectivity index (χ3v) is 4.81. The van der Waals surface area contributed by atoms with Gasteiger partial charge >= 0.3 is 0 Å². The van der Waals surface area contributed by atoms with Crippen LogP contribution < -0.4 is 9.47 Å². The highest BCUT2D eigenvalue weighted by Gasteiger charge is 2.11. The lowest BCUT2D eigenvalue weighted by Gasteiger charge is -2.21. The van der Waals surface area contributed by atoms with Gasteiger partial charge in [0, 0.05) is 25.5 Å². The topological polar surface area (TPSA) is 59.8 Å². The van der Waals surface area contributed by atoms with E-state index in [2.05, 4.69) is 35.1 Å². The summed E-state index contributed by atoms with van der Waals surface area (Å²) in [6.07, 6.45) is 3.13. The van der Waals surface area contributed by atoms with Crippen LogP contribution in [0.15, 0.2) is 60.9 Å². The predicted molar refractivity (Wildman–Crippen MR) is 118 cm³/mol. The Labute approximate surface area is 178 Å². The van der Waals surface area contributed by atoms with Gasteiger partial charge < -0.3 is 14.6 Å². The zero-order valence-corrected chi connectivity index (χ0v) is 18.0.